The molecular weight excluding hydrogens is 587 g/mol. The maximum Gasteiger partial charge on any atom is 0.573 e. The van der Waals surface area contributed by atoms with Gasteiger partial charge in [-0.25, -0.2) is 13.5 Å². The van der Waals surface area contributed by atoms with Gasteiger partial charge in [0.05, 0.1) is 12.7 Å². The lowest BCUT2D eigenvalue weighted by atomic mass is 10.1. The van der Waals surface area contributed by atoms with Crippen LogP contribution in [0.4, 0.5) is 27.1 Å². The fraction of sp³-hybridized carbons (Fsp3) is 0.360. The van der Waals surface area contributed by atoms with E-state index in [2.05, 4.69) is 40.9 Å². The van der Waals surface area contributed by atoms with Gasteiger partial charge in [0.1, 0.15) is 28.8 Å². The second kappa shape index (κ2) is 12.7. The number of nitrogens with zero attached hydrogens (tertiary/aromatic N) is 6. The van der Waals surface area contributed by atoms with Crippen LogP contribution in [0.5, 0.6) is 5.75 Å². The minimum absolute atomic E-state index is 0.0165. The van der Waals surface area contributed by atoms with Crippen LogP contribution < -0.4 is 15.4 Å². The molecule has 3 unspecified atom stereocenters. The zero-order valence-corrected chi connectivity index (χ0v) is 22.4. The molecule has 4 aromatic rings. The van der Waals surface area contributed by atoms with Crippen molar-refractivity contribution in [1.29, 1.82) is 0 Å². The number of epoxide rings is 1. The number of ether oxygens (including phenoxy) is 2. The number of pyridine rings is 1. The van der Waals surface area contributed by atoms with Crippen LogP contribution in [0.2, 0.25) is 0 Å². The average molecular weight is 611 g/mol. The highest BCUT2D eigenvalue weighted by atomic mass is 32.1. The van der Waals surface area contributed by atoms with Crippen LogP contribution in [0, 0.1) is 5.82 Å². The van der Waals surface area contributed by atoms with E-state index in [0.29, 0.717) is 16.6 Å². The Morgan fingerprint density at radius 2 is 2.07 bits per heavy atom. The van der Waals surface area contributed by atoms with Crippen LogP contribution in [-0.2, 0) is 30.7 Å². The summed E-state index contributed by atoms with van der Waals surface area (Å²) in [5.41, 5.74) is 0.903. The van der Waals surface area contributed by atoms with Crippen molar-refractivity contribution in [3.8, 4) is 5.75 Å². The molecule has 0 aliphatic carbocycles. The van der Waals surface area contributed by atoms with Gasteiger partial charge in [0.15, 0.2) is 11.9 Å². The van der Waals surface area contributed by atoms with Gasteiger partial charge in [-0.3, -0.25) is 9.78 Å². The molecule has 1 aromatic carbocycles. The summed E-state index contributed by atoms with van der Waals surface area (Å²) < 4.78 is 76.6. The third-order valence-corrected chi connectivity index (χ3v) is 6.90. The van der Waals surface area contributed by atoms with Crippen molar-refractivity contribution in [1.82, 2.24) is 35.5 Å². The van der Waals surface area contributed by atoms with Crippen LogP contribution in [0.15, 0.2) is 48.9 Å². The first-order chi connectivity index (χ1) is 20.1. The van der Waals surface area contributed by atoms with Gasteiger partial charge in [0, 0.05) is 31.8 Å². The van der Waals surface area contributed by atoms with Crippen LogP contribution >= 0.6 is 11.3 Å². The first-order valence-corrected chi connectivity index (χ1v) is 13.4. The number of anilines is 1. The zero-order valence-electron chi connectivity index (χ0n) is 21.6. The lowest BCUT2D eigenvalue weighted by Gasteiger charge is -2.10. The topological polar surface area (TPSA) is 132 Å². The van der Waals surface area contributed by atoms with Crippen molar-refractivity contribution < 1.29 is 36.2 Å². The third kappa shape index (κ3) is 8.39. The Balaban J connectivity index is 1.03. The summed E-state index contributed by atoms with van der Waals surface area (Å²) in [5.74, 6) is -1.63. The number of amides is 1. The average Bonchev–Trinajstić information content (AvgIpc) is 3.29. The van der Waals surface area contributed by atoms with Gasteiger partial charge in [-0.05, 0) is 41.8 Å². The molecular formula is C25H23F5N8O3S. The summed E-state index contributed by atoms with van der Waals surface area (Å²) in [7, 11) is 0. The Kier molecular flexibility index (Phi) is 8.86. The van der Waals surface area contributed by atoms with E-state index in [1.54, 1.807) is 18.5 Å². The van der Waals surface area contributed by atoms with E-state index in [-0.39, 0.29) is 37.2 Å². The van der Waals surface area contributed by atoms with E-state index >= 15 is 0 Å². The molecule has 5 rings (SSSR count). The molecule has 3 atom stereocenters. The van der Waals surface area contributed by atoms with Crippen LogP contribution in [0.1, 0.15) is 33.0 Å². The third-order valence-electron chi connectivity index (χ3n) is 5.99. The van der Waals surface area contributed by atoms with E-state index < -0.39 is 42.3 Å². The largest absolute Gasteiger partial charge is 0.573 e. The summed E-state index contributed by atoms with van der Waals surface area (Å²) in [5, 5.41) is 22.3. The molecule has 1 aliphatic heterocycles. The van der Waals surface area contributed by atoms with Gasteiger partial charge in [-0.15, -0.1) is 28.5 Å². The molecule has 0 bridgehead atoms. The number of aromatic nitrogens is 6. The molecule has 17 heteroatoms. The number of aryl methyl sites for hydroxylation is 1. The molecule has 42 heavy (non-hydrogen) atoms. The predicted octanol–water partition coefficient (Wildman–Crippen LogP) is 3.84. The van der Waals surface area contributed by atoms with Crippen molar-refractivity contribution in [2.45, 2.75) is 57.2 Å². The van der Waals surface area contributed by atoms with Gasteiger partial charge in [0.25, 0.3) is 5.91 Å². The van der Waals surface area contributed by atoms with Crippen molar-refractivity contribution in [2.75, 3.05) is 5.32 Å². The molecule has 1 aliphatic rings. The van der Waals surface area contributed by atoms with Crippen LogP contribution in [0.3, 0.4) is 0 Å². The van der Waals surface area contributed by atoms with E-state index in [9.17, 15) is 26.7 Å². The molecule has 3 aromatic heterocycles. The summed E-state index contributed by atoms with van der Waals surface area (Å²) in [6, 6.07) is 6.36. The van der Waals surface area contributed by atoms with E-state index in [0.717, 1.165) is 23.8 Å². The number of halogens is 5. The lowest BCUT2D eigenvalue weighted by Crippen LogP contribution is -2.23. The van der Waals surface area contributed by atoms with Gasteiger partial charge < -0.3 is 20.1 Å². The van der Waals surface area contributed by atoms with Gasteiger partial charge >= 0.3 is 6.36 Å². The summed E-state index contributed by atoms with van der Waals surface area (Å²) >= 11 is 1.19. The standard InChI is InChI=1S/C25H23F5N8O3S/c26-16(12-38-13-19(34-37-38)22(39)32-11-14-2-1-7-31-10-14)3-6-21-35-36-24(42-21)33-23-20(40-23)9-15-8-17(4-5-18(15)27)41-25(28,29)30/h1-2,4-5,7-8,10,13,16,20,23H,3,6,9,11-12H2,(H,32,39)(H,33,36). The highest BCUT2D eigenvalue weighted by Gasteiger charge is 2.40. The molecule has 2 N–H and O–H groups in total. The molecule has 1 saturated heterocycles. The number of carbonyl (C=O) groups excluding carboxylic acids is 1. The summed E-state index contributed by atoms with van der Waals surface area (Å²) in [6.07, 6.45) is -2.14. The molecule has 222 valence electrons. The van der Waals surface area contributed by atoms with Crippen molar-refractivity contribution in [2.24, 2.45) is 0 Å². The Hall–Kier alpha value is -4.25. The number of alkyl halides is 4. The number of benzene rings is 1. The van der Waals surface area contributed by atoms with Gasteiger partial charge in [-0.1, -0.05) is 22.6 Å². The van der Waals surface area contributed by atoms with Crippen LogP contribution in [0.25, 0.3) is 0 Å². The molecule has 0 spiro atoms. The highest BCUT2D eigenvalue weighted by Crippen LogP contribution is 2.32. The van der Waals surface area contributed by atoms with E-state index in [1.165, 1.54) is 22.2 Å². The second-order valence-corrected chi connectivity index (χ2v) is 10.3. The second-order valence-electron chi connectivity index (χ2n) is 9.25. The number of nitrogens with one attached hydrogen (secondary N) is 2. The first-order valence-electron chi connectivity index (χ1n) is 12.6. The zero-order chi connectivity index (χ0) is 29.7. The highest BCUT2D eigenvalue weighted by molar-refractivity contribution is 7.15. The van der Waals surface area contributed by atoms with Crippen molar-refractivity contribution in [3.05, 3.63) is 76.6 Å². The lowest BCUT2D eigenvalue weighted by molar-refractivity contribution is -0.274. The molecule has 4 heterocycles. The number of carbonyl (C=O) groups is 1. The number of rotatable bonds is 13. The Morgan fingerprint density at radius 1 is 1.21 bits per heavy atom. The normalized spacial score (nSPS) is 17.1. The molecule has 11 nitrogen and oxygen atoms in total. The van der Waals surface area contributed by atoms with Crippen molar-refractivity contribution >= 4 is 22.4 Å². The fourth-order valence-electron chi connectivity index (χ4n) is 3.92. The van der Waals surface area contributed by atoms with Gasteiger partial charge in [0.2, 0.25) is 5.13 Å². The summed E-state index contributed by atoms with van der Waals surface area (Å²) in [6.45, 7) is 0.168. The Labute approximate surface area is 239 Å². The fourth-order valence-corrected chi connectivity index (χ4v) is 4.70. The first kappa shape index (κ1) is 29.2. The van der Waals surface area contributed by atoms with Crippen LogP contribution in [-0.4, -0.2) is 60.9 Å². The van der Waals surface area contributed by atoms with Crippen molar-refractivity contribution in [3.63, 3.8) is 0 Å². The minimum Gasteiger partial charge on any atom is -0.406 e. The smallest absolute Gasteiger partial charge is 0.406 e. The maximum absolute atomic E-state index is 14.6. The Morgan fingerprint density at radius 3 is 2.86 bits per heavy atom. The quantitative estimate of drug-likeness (QED) is 0.171. The molecule has 0 radical (unpaired) electrons. The Bertz CT molecular complexity index is 1500. The molecule has 1 amide bonds. The monoisotopic (exact) mass is 610 g/mol. The molecule has 0 saturated carbocycles. The van der Waals surface area contributed by atoms with E-state index in [1.807, 2.05) is 6.07 Å². The number of hydrogen-bond acceptors (Lipinski definition) is 10. The minimum atomic E-state index is -4.88. The SMILES string of the molecule is O=C(NCc1cccnc1)c1cn(CC(F)CCc2nnc(NC3OC3Cc3cc(OC(F)(F)F)ccc3F)s2)nn1. The molecule has 1 fully saturated rings. The number of hydrogen-bond donors (Lipinski definition) is 2. The summed E-state index contributed by atoms with van der Waals surface area (Å²) in [4.78, 5) is 16.2. The van der Waals surface area contributed by atoms with E-state index in [4.69, 9.17) is 4.74 Å². The van der Waals surface area contributed by atoms with Gasteiger partial charge in [-0.2, -0.15) is 0 Å². The predicted molar refractivity (Wildman–Crippen MR) is 138 cm³/mol. The maximum atomic E-state index is 14.6.